The van der Waals surface area contributed by atoms with Crippen LogP contribution in [0.5, 0.6) is 0 Å². The zero-order chi connectivity index (χ0) is 5.61. The fraction of sp³-hybridized carbons (Fsp3) is 1.00. The third kappa shape index (κ3) is 0.870. The Hall–Kier alpha value is 0.250. The number of hydrogen-bond donors (Lipinski definition) is 1. The molecule has 2 N–H and O–H groups in total. The molecule has 0 aromatic rings. The summed E-state index contributed by atoms with van der Waals surface area (Å²) >= 11 is 0. The first-order chi connectivity index (χ1) is 3.87. The molecular formula is C7H14ClN. The molecular weight excluding hydrogens is 134 g/mol. The van der Waals surface area contributed by atoms with Gasteiger partial charge in [-0.3, -0.25) is 0 Å². The van der Waals surface area contributed by atoms with Crippen molar-refractivity contribution in [3.8, 4) is 0 Å². The summed E-state index contributed by atoms with van der Waals surface area (Å²) in [6.45, 7) is 0.944. The van der Waals surface area contributed by atoms with Gasteiger partial charge in [0, 0.05) is 0 Å². The third-order valence-corrected chi connectivity index (χ3v) is 3.03. The molecule has 9 heavy (non-hydrogen) atoms. The van der Waals surface area contributed by atoms with Gasteiger partial charge in [-0.1, -0.05) is 0 Å². The molecule has 1 unspecified atom stereocenters. The quantitative estimate of drug-likeness (QED) is 0.599. The number of nitrogens with two attached hydrogens (primary N) is 1. The second kappa shape index (κ2) is 2.14. The second-order valence-electron chi connectivity index (χ2n) is 3.33. The van der Waals surface area contributed by atoms with Crippen LogP contribution in [0.15, 0.2) is 0 Å². The molecule has 54 valence electrons. The largest absolute Gasteiger partial charge is 0.330 e. The SMILES string of the molecule is Cl.NCC1CCC12CC2. The fourth-order valence-corrected chi connectivity index (χ4v) is 1.94. The summed E-state index contributed by atoms with van der Waals surface area (Å²) in [6.07, 6.45) is 5.86. The molecule has 1 spiro atoms. The molecule has 0 amide bonds. The summed E-state index contributed by atoms with van der Waals surface area (Å²) in [4.78, 5) is 0. The summed E-state index contributed by atoms with van der Waals surface area (Å²) in [5, 5.41) is 0. The molecule has 0 heterocycles. The Kier molecular flexibility index (Phi) is 1.75. The maximum Gasteiger partial charge on any atom is -0.00436 e. The van der Waals surface area contributed by atoms with Crippen molar-refractivity contribution < 1.29 is 0 Å². The van der Waals surface area contributed by atoms with E-state index in [0.717, 1.165) is 17.9 Å². The van der Waals surface area contributed by atoms with E-state index in [1.807, 2.05) is 0 Å². The lowest BCUT2D eigenvalue weighted by Crippen LogP contribution is -2.33. The van der Waals surface area contributed by atoms with Gasteiger partial charge in [-0.05, 0) is 43.6 Å². The van der Waals surface area contributed by atoms with Crippen LogP contribution in [0.3, 0.4) is 0 Å². The van der Waals surface area contributed by atoms with Gasteiger partial charge in [0.1, 0.15) is 0 Å². The first kappa shape index (κ1) is 7.36. The standard InChI is InChI=1S/C7H13N.ClH/c8-5-6-1-2-7(6)3-4-7;/h6H,1-5,8H2;1H. The van der Waals surface area contributed by atoms with E-state index in [1.165, 1.54) is 25.7 Å². The Morgan fingerprint density at radius 2 is 2.00 bits per heavy atom. The molecule has 2 aliphatic rings. The highest BCUT2D eigenvalue weighted by Crippen LogP contribution is 2.63. The van der Waals surface area contributed by atoms with Crippen LogP contribution in [0.2, 0.25) is 0 Å². The van der Waals surface area contributed by atoms with Gasteiger partial charge in [-0.2, -0.15) is 0 Å². The Balaban J connectivity index is 0.000000405. The Labute approximate surface area is 62.4 Å². The molecule has 2 aliphatic carbocycles. The average Bonchev–Trinajstić information content (AvgIpc) is 2.42. The first-order valence-corrected chi connectivity index (χ1v) is 3.57. The van der Waals surface area contributed by atoms with Crippen LogP contribution in [0.25, 0.3) is 0 Å². The third-order valence-electron chi connectivity index (χ3n) is 3.03. The van der Waals surface area contributed by atoms with E-state index in [1.54, 1.807) is 0 Å². The fourth-order valence-electron chi connectivity index (χ4n) is 1.94. The van der Waals surface area contributed by atoms with E-state index in [9.17, 15) is 0 Å². The normalized spacial score (nSPS) is 35.0. The summed E-state index contributed by atoms with van der Waals surface area (Å²) in [7, 11) is 0. The summed E-state index contributed by atoms with van der Waals surface area (Å²) < 4.78 is 0. The van der Waals surface area contributed by atoms with Gasteiger partial charge in [0.2, 0.25) is 0 Å². The van der Waals surface area contributed by atoms with E-state index in [0.29, 0.717) is 0 Å². The molecule has 0 aliphatic heterocycles. The zero-order valence-corrected chi connectivity index (χ0v) is 6.41. The molecule has 0 aromatic heterocycles. The number of halogens is 1. The summed E-state index contributed by atoms with van der Waals surface area (Å²) in [6, 6.07) is 0. The highest BCUT2D eigenvalue weighted by Gasteiger charge is 2.54. The van der Waals surface area contributed by atoms with E-state index >= 15 is 0 Å². The molecule has 0 radical (unpaired) electrons. The van der Waals surface area contributed by atoms with Crippen molar-refractivity contribution in [3.63, 3.8) is 0 Å². The number of rotatable bonds is 1. The van der Waals surface area contributed by atoms with Crippen LogP contribution in [0, 0.1) is 11.3 Å². The van der Waals surface area contributed by atoms with Crippen LogP contribution in [0.1, 0.15) is 25.7 Å². The molecule has 1 atom stereocenters. The van der Waals surface area contributed by atoms with Gasteiger partial charge in [-0.25, -0.2) is 0 Å². The number of hydrogen-bond acceptors (Lipinski definition) is 1. The van der Waals surface area contributed by atoms with Gasteiger partial charge in [0.15, 0.2) is 0 Å². The van der Waals surface area contributed by atoms with Crippen molar-refractivity contribution in [2.24, 2.45) is 17.1 Å². The van der Waals surface area contributed by atoms with Crippen molar-refractivity contribution in [2.75, 3.05) is 6.54 Å². The maximum atomic E-state index is 5.55. The molecule has 2 heteroatoms. The molecule has 2 rings (SSSR count). The Morgan fingerprint density at radius 3 is 2.11 bits per heavy atom. The predicted octanol–water partition coefficient (Wildman–Crippen LogP) is 1.56. The van der Waals surface area contributed by atoms with Gasteiger partial charge < -0.3 is 5.73 Å². The minimum Gasteiger partial charge on any atom is -0.330 e. The Morgan fingerprint density at radius 1 is 1.33 bits per heavy atom. The lowest BCUT2D eigenvalue weighted by atomic mass is 9.70. The van der Waals surface area contributed by atoms with E-state index < -0.39 is 0 Å². The minimum absolute atomic E-state index is 0. The lowest BCUT2D eigenvalue weighted by Gasteiger charge is -2.36. The molecule has 0 aromatic carbocycles. The Bertz CT molecular complexity index is 107. The highest BCUT2D eigenvalue weighted by molar-refractivity contribution is 5.85. The first-order valence-electron chi connectivity index (χ1n) is 3.57. The van der Waals surface area contributed by atoms with Crippen molar-refractivity contribution in [2.45, 2.75) is 25.7 Å². The van der Waals surface area contributed by atoms with Crippen molar-refractivity contribution in [1.29, 1.82) is 0 Å². The topological polar surface area (TPSA) is 26.0 Å². The van der Waals surface area contributed by atoms with Crippen molar-refractivity contribution in [1.82, 2.24) is 0 Å². The van der Waals surface area contributed by atoms with Gasteiger partial charge in [0.05, 0.1) is 0 Å². The van der Waals surface area contributed by atoms with E-state index in [4.69, 9.17) is 5.73 Å². The van der Waals surface area contributed by atoms with Crippen molar-refractivity contribution >= 4 is 12.4 Å². The predicted molar refractivity (Wildman–Crippen MR) is 40.7 cm³/mol. The molecule has 1 nitrogen and oxygen atoms in total. The molecule has 2 saturated carbocycles. The van der Waals surface area contributed by atoms with Crippen LogP contribution in [-0.4, -0.2) is 6.54 Å². The van der Waals surface area contributed by atoms with Crippen LogP contribution < -0.4 is 5.73 Å². The van der Waals surface area contributed by atoms with Crippen LogP contribution in [0.4, 0.5) is 0 Å². The average molecular weight is 148 g/mol. The van der Waals surface area contributed by atoms with Crippen LogP contribution in [-0.2, 0) is 0 Å². The summed E-state index contributed by atoms with van der Waals surface area (Å²) in [5.41, 5.74) is 6.36. The maximum absolute atomic E-state index is 5.55. The van der Waals surface area contributed by atoms with Gasteiger partial charge >= 0.3 is 0 Å². The highest BCUT2D eigenvalue weighted by atomic mass is 35.5. The zero-order valence-electron chi connectivity index (χ0n) is 5.60. The van der Waals surface area contributed by atoms with Gasteiger partial charge in [-0.15, -0.1) is 12.4 Å². The molecule has 0 bridgehead atoms. The van der Waals surface area contributed by atoms with Crippen LogP contribution >= 0.6 is 12.4 Å². The van der Waals surface area contributed by atoms with E-state index in [2.05, 4.69) is 0 Å². The second-order valence-corrected chi connectivity index (χ2v) is 3.33. The summed E-state index contributed by atoms with van der Waals surface area (Å²) in [5.74, 6) is 0.919. The molecule has 2 fully saturated rings. The smallest absolute Gasteiger partial charge is 0.00436 e. The van der Waals surface area contributed by atoms with E-state index in [-0.39, 0.29) is 12.4 Å². The minimum atomic E-state index is 0. The molecule has 0 saturated heterocycles. The van der Waals surface area contributed by atoms with Crippen molar-refractivity contribution in [3.05, 3.63) is 0 Å². The monoisotopic (exact) mass is 147 g/mol. The lowest BCUT2D eigenvalue weighted by molar-refractivity contribution is 0.157. The van der Waals surface area contributed by atoms with Gasteiger partial charge in [0.25, 0.3) is 0 Å².